The number of esters is 2. The summed E-state index contributed by atoms with van der Waals surface area (Å²) in [4.78, 5) is 37.6. The van der Waals surface area contributed by atoms with Crippen molar-refractivity contribution < 1.29 is 33.3 Å². The standard InChI is InChI=1S/C22H23NO7S/c1-3-27-22(26)19-15(8-13-4-7-16-17(9-13)30-11-29-16)12(2)31-20(19)23-18(24)10-28-21(25)14-5-6-14/h4,7,9,14H,3,5-6,8,10-11H2,1-2H3,(H,23,24). The van der Waals surface area contributed by atoms with E-state index in [-0.39, 0.29) is 31.9 Å². The van der Waals surface area contributed by atoms with Gasteiger partial charge in [0.25, 0.3) is 5.91 Å². The molecule has 0 atom stereocenters. The van der Waals surface area contributed by atoms with Crippen molar-refractivity contribution in [2.24, 2.45) is 5.92 Å². The second-order valence-electron chi connectivity index (χ2n) is 7.36. The molecule has 1 aliphatic carbocycles. The maximum Gasteiger partial charge on any atom is 0.341 e. The summed E-state index contributed by atoms with van der Waals surface area (Å²) in [5.41, 5.74) is 2.03. The van der Waals surface area contributed by atoms with Crippen molar-refractivity contribution in [2.75, 3.05) is 25.3 Å². The number of ether oxygens (including phenoxy) is 4. The van der Waals surface area contributed by atoms with Gasteiger partial charge in [0.2, 0.25) is 6.79 Å². The molecule has 2 aliphatic rings. The van der Waals surface area contributed by atoms with Crippen molar-refractivity contribution in [2.45, 2.75) is 33.1 Å². The molecule has 1 aliphatic heterocycles. The molecular weight excluding hydrogens is 422 g/mol. The van der Waals surface area contributed by atoms with Gasteiger partial charge in [-0.05, 0) is 56.4 Å². The van der Waals surface area contributed by atoms with Gasteiger partial charge in [-0.2, -0.15) is 0 Å². The first-order valence-corrected chi connectivity index (χ1v) is 10.9. The number of nitrogens with one attached hydrogen (secondary N) is 1. The van der Waals surface area contributed by atoms with Crippen LogP contribution in [0.5, 0.6) is 11.5 Å². The average molecular weight is 445 g/mol. The average Bonchev–Trinajstić information content (AvgIpc) is 3.41. The Morgan fingerprint density at radius 2 is 1.94 bits per heavy atom. The highest BCUT2D eigenvalue weighted by molar-refractivity contribution is 7.16. The van der Waals surface area contributed by atoms with E-state index in [9.17, 15) is 14.4 Å². The summed E-state index contributed by atoms with van der Waals surface area (Å²) in [6.45, 7) is 3.63. The molecule has 1 saturated carbocycles. The van der Waals surface area contributed by atoms with E-state index < -0.39 is 11.9 Å². The van der Waals surface area contributed by atoms with Gasteiger partial charge in [-0.3, -0.25) is 9.59 Å². The Balaban J connectivity index is 1.54. The molecule has 1 fully saturated rings. The predicted molar refractivity (Wildman–Crippen MR) is 113 cm³/mol. The van der Waals surface area contributed by atoms with Crippen LogP contribution in [0.15, 0.2) is 18.2 Å². The zero-order valence-corrected chi connectivity index (χ0v) is 18.1. The van der Waals surface area contributed by atoms with E-state index >= 15 is 0 Å². The van der Waals surface area contributed by atoms with Crippen molar-refractivity contribution in [3.63, 3.8) is 0 Å². The molecular formula is C22H23NO7S. The minimum Gasteiger partial charge on any atom is -0.462 e. The van der Waals surface area contributed by atoms with Gasteiger partial charge in [-0.15, -0.1) is 11.3 Å². The van der Waals surface area contributed by atoms with Crippen LogP contribution in [0.1, 0.15) is 46.1 Å². The summed E-state index contributed by atoms with van der Waals surface area (Å²) in [5.74, 6) is -0.0886. The largest absolute Gasteiger partial charge is 0.462 e. The number of hydrogen-bond donors (Lipinski definition) is 1. The molecule has 9 heteroatoms. The van der Waals surface area contributed by atoms with Gasteiger partial charge in [-0.25, -0.2) is 4.79 Å². The number of aryl methyl sites for hydroxylation is 1. The smallest absolute Gasteiger partial charge is 0.341 e. The van der Waals surface area contributed by atoms with E-state index in [4.69, 9.17) is 18.9 Å². The van der Waals surface area contributed by atoms with Crippen molar-refractivity contribution in [1.29, 1.82) is 0 Å². The molecule has 1 aromatic carbocycles. The minimum absolute atomic E-state index is 0.0832. The lowest BCUT2D eigenvalue weighted by Gasteiger charge is -2.10. The molecule has 2 aromatic rings. The topological polar surface area (TPSA) is 100 Å². The van der Waals surface area contributed by atoms with Crippen molar-refractivity contribution in [3.8, 4) is 11.5 Å². The van der Waals surface area contributed by atoms with Crippen molar-refractivity contribution >= 4 is 34.2 Å². The third kappa shape index (κ3) is 4.82. The first-order valence-electron chi connectivity index (χ1n) is 10.1. The normalized spacial score (nSPS) is 14.3. The zero-order chi connectivity index (χ0) is 22.0. The molecule has 4 rings (SSSR count). The first-order chi connectivity index (χ1) is 15.0. The molecule has 1 amide bonds. The van der Waals surface area contributed by atoms with Crippen LogP contribution in [-0.4, -0.2) is 37.9 Å². The third-order valence-electron chi connectivity index (χ3n) is 5.02. The van der Waals surface area contributed by atoms with Crippen LogP contribution in [0.3, 0.4) is 0 Å². The van der Waals surface area contributed by atoms with Crippen LogP contribution in [0, 0.1) is 12.8 Å². The molecule has 0 saturated heterocycles. The monoisotopic (exact) mass is 445 g/mol. The van der Waals surface area contributed by atoms with Crippen molar-refractivity contribution in [1.82, 2.24) is 0 Å². The molecule has 2 heterocycles. The van der Waals surface area contributed by atoms with Gasteiger partial charge >= 0.3 is 11.9 Å². The van der Waals surface area contributed by atoms with E-state index in [0.29, 0.717) is 28.5 Å². The van der Waals surface area contributed by atoms with Crippen LogP contribution in [0.4, 0.5) is 5.00 Å². The first kappa shape index (κ1) is 21.2. The van der Waals surface area contributed by atoms with E-state index in [0.717, 1.165) is 28.8 Å². The fraction of sp³-hybridized carbons (Fsp3) is 0.409. The van der Waals surface area contributed by atoms with Crippen molar-refractivity contribution in [3.05, 3.63) is 39.8 Å². The second-order valence-corrected chi connectivity index (χ2v) is 8.58. The second kappa shape index (κ2) is 8.97. The Hall–Kier alpha value is -3.07. The lowest BCUT2D eigenvalue weighted by molar-refractivity contribution is -0.148. The molecule has 8 nitrogen and oxygen atoms in total. The number of hydrogen-bond acceptors (Lipinski definition) is 8. The van der Waals surface area contributed by atoms with Crippen LogP contribution in [0.25, 0.3) is 0 Å². The Morgan fingerprint density at radius 3 is 2.68 bits per heavy atom. The summed E-state index contributed by atoms with van der Waals surface area (Å²) in [7, 11) is 0. The highest BCUT2D eigenvalue weighted by atomic mass is 32.1. The SMILES string of the molecule is CCOC(=O)c1c(NC(=O)COC(=O)C2CC2)sc(C)c1Cc1ccc2c(c1)OCO2. The van der Waals surface area contributed by atoms with E-state index in [2.05, 4.69) is 5.32 Å². The molecule has 31 heavy (non-hydrogen) atoms. The number of amides is 1. The van der Waals surface area contributed by atoms with Crippen LogP contribution in [-0.2, 0) is 25.5 Å². The number of fused-ring (bicyclic) bond motifs is 1. The molecule has 0 spiro atoms. The molecule has 1 aromatic heterocycles. The number of carbonyl (C=O) groups is 3. The van der Waals surface area contributed by atoms with Gasteiger partial charge in [0.1, 0.15) is 5.00 Å². The van der Waals surface area contributed by atoms with Gasteiger partial charge in [0.05, 0.1) is 18.1 Å². The summed E-state index contributed by atoms with van der Waals surface area (Å²) in [6, 6.07) is 5.62. The number of rotatable bonds is 8. The number of thiophene rings is 1. The summed E-state index contributed by atoms with van der Waals surface area (Å²) in [6.07, 6.45) is 2.07. The van der Waals surface area contributed by atoms with Crippen LogP contribution < -0.4 is 14.8 Å². The summed E-state index contributed by atoms with van der Waals surface area (Å²) in [5, 5.41) is 3.10. The molecule has 1 N–H and O–H groups in total. The zero-order valence-electron chi connectivity index (χ0n) is 17.3. The molecule has 164 valence electrons. The van der Waals surface area contributed by atoms with Crippen LogP contribution in [0.2, 0.25) is 0 Å². The lowest BCUT2D eigenvalue weighted by Crippen LogP contribution is -2.22. The number of anilines is 1. The van der Waals surface area contributed by atoms with Gasteiger partial charge in [0, 0.05) is 4.88 Å². The molecule has 0 unspecified atom stereocenters. The van der Waals surface area contributed by atoms with E-state index in [1.807, 2.05) is 25.1 Å². The Labute approximate surface area is 183 Å². The Bertz CT molecular complexity index is 1030. The van der Waals surface area contributed by atoms with E-state index in [1.54, 1.807) is 6.92 Å². The quantitative estimate of drug-likeness (QED) is 0.621. The maximum absolute atomic E-state index is 12.7. The lowest BCUT2D eigenvalue weighted by atomic mass is 10.0. The highest BCUT2D eigenvalue weighted by Crippen LogP contribution is 2.38. The maximum atomic E-state index is 12.7. The molecule has 0 bridgehead atoms. The Morgan fingerprint density at radius 1 is 1.16 bits per heavy atom. The predicted octanol–water partition coefficient (Wildman–Crippen LogP) is 3.44. The van der Waals surface area contributed by atoms with E-state index in [1.165, 1.54) is 11.3 Å². The fourth-order valence-electron chi connectivity index (χ4n) is 3.29. The third-order valence-corrected chi connectivity index (χ3v) is 6.08. The minimum atomic E-state index is -0.507. The number of carbonyl (C=O) groups excluding carboxylic acids is 3. The fourth-order valence-corrected chi connectivity index (χ4v) is 4.37. The molecule has 0 radical (unpaired) electrons. The van der Waals surface area contributed by atoms with Crippen LogP contribution >= 0.6 is 11.3 Å². The van der Waals surface area contributed by atoms with Gasteiger partial charge in [-0.1, -0.05) is 6.07 Å². The van der Waals surface area contributed by atoms with Gasteiger partial charge in [0.15, 0.2) is 18.1 Å². The van der Waals surface area contributed by atoms with Gasteiger partial charge < -0.3 is 24.3 Å². The summed E-state index contributed by atoms with van der Waals surface area (Å²) < 4.78 is 21.1. The summed E-state index contributed by atoms with van der Waals surface area (Å²) >= 11 is 1.29. The Kier molecular flexibility index (Phi) is 6.13. The number of benzene rings is 1. The highest BCUT2D eigenvalue weighted by Gasteiger charge is 2.32.